The van der Waals surface area contributed by atoms with E-state index in [2.05, 4.69) is 73.0 Å². The van der Waals surface area contributed by atoms with E-state index in [1.54, 1.807) is 108 Å². The highest BCUT2D eigenvalue weighted by atomic mass is 28.4. The van der Waals surface area contributed by atoms with Gasteiger partial charge >= 0.3 is 23.9 Å². The Morgan fingerprint density at radius 3 is 1.38 bits per heavy atom. The van der Waals surface area contributed by atoms with E-state index in [-0.39, 0.29) is 77.9 Å². The largest absolute Gasteiger partial charge is 0.457 e. The molecule has 5 rings (SSSR count). The second-order valence-electron chi connectivity index (χ2n) is 33.5. The fourth-order valence-corrected chi connectivity index (χ4v) is 15.9. The number of epoxide rings is 2. The van der Waals surface area contributed by atoms with Crippen molar-refractivity contribution >= 4 is 46.4 Å². The van der Waals surface area contributed by atoms with Gasteiger partial charge < -0.3 is 68.0 Å². The molecule has 0 saturated carbocycles. The molecule has 22 atom stereocenters. The Bertz CT molecular complexity index is 3140. The van der Waals surface area contributed by atoms with Gasteiger partial charge in [0.2, 0.25) is 0 Å². The zero-order valence-electron chi connectivity index (χ0n) is 67.6. The van der Waals surface area contributed by atoms with Gasteiger partial charge in [-0.05, 0) is 164 Å². The quantitative estimate of drug-likeness (QED) is 0.0168. The van der Waals surface area contributed by atoms with E-state index in [1.807, 2.05) is 54.5 Å². The van der Waals surface area contributed by atoms with Crippen molar-refractivity contribution in [2.45, 2.75) is 334 Å². The van der Waals surface area contributed by atoms with Crippen LogP contribution in [0.4, 0.5) is 8.78 Å². The van der Waals surface area contributed by atoms with Gasteiger partial charge in [-0.3, -0.25) is 24.0 Å². The minimum absolute atomic E-state index is 0.00276. The van der Waals surface area contributed by atoms with Gasteiger partial charge in [-0.25, -0.2) is 8.78 Å². The standard InChI is InChI=1S/C44H68FNO9Si.C37H64FNO8Si/c1-14-34(51-11)30(4)38-39(54-38)40(46-41(49)32-20-16-15-17-21-32)43(9,45)25-18-19-28(2)37-29(3)22-23-35(52-31(5)47)44(10,50)26-24-33(27-36(48)53-37)55-56(12,13)42(6,7)8;1-14-28(43-11)25(4)32-33(46-32)34(39)36(9,38)20-15-16-23(2)31-24(3)17-18-29(44-26(5)40)37(10,42)21-19-27(22-30(41)45-31)47-48(12,13)35(6,7)8/h15-23,25,29-30,33-35,37-40,50H,14,24,26-27H2,1-13H3,(H,46,49);15-18,20,24-25,27-29,31-34,42H,14,19,21-22,39H2,1-13H3/b23-22+,25-18+,28-19+;18-17+,20-15+,23-16+/t29-,30+,33+,34-,35-,37?,38+,39-,40?,43?,44+;24-,25+,27+,28-,29-,31?,32+,33-,34?,36?,37+/m00/s1. The summed E-state index contributed by atoms with van der Waals surface area (Å²) in [4.78, 5) is 64.6. The number of amides is 1. The van der Waals surface area contributed by atoms with Gasteiger partial charge in [-0.2, -0.15) is 0 Å². The predicted molar refractivity (Wildman–Crippen MR) is 409 cm³/mol. The summed E-state index contributed by atoms with van der Waals surface area (Å²) in [6.07, 6.45) is 12.9. The molecule has 1 aromatic carbocycles. The van der Waals surface area contributed by atoms with Crippen molar-refractivity contribution in [1.82, 2.24) is 5.32 Å². The average molecular weight is 1500 g/mol. The first-order valence-electron chi connectivity index (χ1n) is 37.4. The molecule has 2 saturated heterocycles. The average Bonchev–Trinajstić information content (AvgIpc) is 1.62. The van der Waals surface area contributed by atoms with Crippen LogP contribution in [0.5, 0.6) is 0 Å². The summed E-state index contributed by atoms with van der Waals surface area (Å²) in [7, 11) is -1.32. The van der Waals surface area contributed by atoms with E-state index in [9.17, 15) is 34.2 Å². The van der Waals surface area contributed by atoms with Crippen LogP contribution in [0.3, 0.4) is 0 Å². The van der Waals surface area contributed by atoms with Crippen LogP contribution >= 0.6 is 0 Å². The number of carbonyl (C=O) groups is 5. The molecule has 104 heavy (non-hydrogen) atoms. The Labute approximate surface area is 623 Å². The monoisotopic (exact) mass is 1500 g/mol. The molecule has 19 nitrogen and oxygen atoms in total. The number of methoxy groups -OCH3 is 2. The number of ether oxygens (including phenoxy) is 8. The summed E-state index contributed by atoms with van der Waals surface area (Å²) < 4.78 is 92.6. The van der Waals surface area contributed by atoms with Gasteiger partial charge in [0.25, 0.3) is 5.91 Å². The molecule has 5 N–H and O–H groups in total. The lowest BCUT2D eigenvalue weighted by Crippen LogP contribution is -2.52. The zero-order valence-corrected chi connectivity index (χ0v) is 69.6. The molecule has 2 fully saturated rings. The predicted octanol–water partition coefficient (Wildman–Crippen LogP) is 14.9. The fraction of sp³-hybridized carbons (Fsp3) is 0.716. The molecular weight excluding hydrogens is 1370 g/mol. The number of carbonyl (C=O) groups excluding carboxylic acids is 5. The summed E-state index contributed by atoms with van der Waals surface area (Å²) >= 11 is 0. The molecule has 0 radical (unpaired) electrons. The number of allylic oxidation sites excluding steroid dienone is 4. The number of hydrogen-bond acceptors (Lipinski definition) is 18. The Morgan fingerprint density at radius 1 is 0.635 bits per heavy atom. The molecule has 23 heteroatoms. The molecule has 0 aliphatic carbocycles. The highest BCUT2D eigenvalue weighted by Gasteiger charge is 2.57. The molecule has 590 valence electrons. The van der Waals surface area contributed by atoms with Gasteiger partial charge in [-0.1, -0.05) is 138 Å². The molecule has 0 spiro atoms. The van der Waals surface area contributed by atoms with Crippen LogP contribution in [0.25, 0.3) is 0 Å². The first kappa shape index (κ1) is 91.3. The van der Waals surface area contributed by atoms with Crippen LogP contribution in [0, 0.1) is 23.7 Å². The molecule has 0 bridgehead atoms. The molecule has 4 aliphatic heterocycles. The molecule has 4 aliphatic rings. The Morgan fingerprint density at radius 2 is 1.01 bits per heavy atom. The van der Waals surface area contributed by atoms with Crippen molar-refractivity contribution < 1.29 is 89.7 Å². The molecular formula is C81H132F2N2O17Si2. The number of hydrogen-bond donors (Lipinski definition) is 4. The van der Waals surface area contributed by atoms with Gasteiger partial charge in [0, 0.05) is 57.3 Å². The van der Waals surface area contributed by atoms with Crippen LogP contribution in [0.1, 0.15) is 200 Å². The van der Waals surface area contributed by atoms with Crippen LogP contribution in [0.15, 0.2) is 102 Å². The SMILES string of the molecule is CC[C@H](OC)[C@@H](C)[C@H]1O[C@@H]1C(N)C(C)(F)/C=C/C=C(\C)C1OC(=O)C[C@H](O[Si](C)(C)C(C)(C)C)CC[C@@](C)(O)[C@@H](OC(C)=O)/C=C/[C@@H]1C.CC[C@H](OC)[C@@H](C)[C@H]1O[C@@H]1C(NC(=O)c1ccccc1)C(C)(F)/C=C/C=C(\C)C1OC(=O)C[C@H](O[Si](C)(C)C(C)(C)C)CC[C@@](C)(O)[C@@H](OC(C)=O)/C=C/[C@@H]1C. The van der Waals surface area contributed by atoms with Gasteiger partial charge in [0.1, 0.15) is 59.2 Å². The summed E-state index contributed by atoms with van der Waals surface area (Å²) in [6, 6.07) is 6.75. The number of rotatable bonds is 26. The minimum Gasteiger partial charge on any atom is -0.457 e. The number of cyclic esters (lactones) is 2. The Hall–Kier alpha value is -5.06. The van der Waals surface area contributed by atoms with Gasteiger partial charge in [-0.15, -0.1) is 0 Å². The third kappa shape index (κ3) is 26.7. The van der Waals surface area contributed by atoms with E-state index in [0.717, 1.165) is 12.8 Å². The molecule has 0 aromatic heterocycles. The van der Waals surface area contributed by atoms with Crippen LogP contribution in [-0.4, -0.2) is 179 Å². The third-order valence-electron chi connectivity index (χ3n) is 22.2. The van der Waals surface area contributed by atoms with E-state index < -0.39 is 136 Å². The van der Waals surface area contributed by atoms with E-state index in [0.29, 0.717) is 29.6 Å². The number of halogens is 2. The molecule has 4 heterocycles. The van der Waals surface area contributed by atoms with Gasteiger partial charge in [0.15, 0.2) is 16.6 Å². The van der Waals surface area contributed by atoms with E-state index >= 15 is 8.78 Å². The zero-order chi connectivity index (χ0) is 79.1. The maximum absolute atomic E-state index is 16.9. The Balaban J connectivity index is 0.000000446. The maximum atomic E-state index is 16.9. The van der Waals surface area contributed by atoms with Crippen molar-refractivity contribution in [3.8, 4) is 0 Å². The maximum Gasteiger partial charge on any atom is 0.308 e. The van der Waals surface area contributed by atoms with Crippen molar-refractivity contribution in [2.75, 3.05) is 14.2 Å². The summed E-state index contributed by atoms with van der Waals surface area (Å²) in [5.74, 6) is -3.11. The van der Waals surface area contributed by atoms with Crippen molar-refractivity contribution in [3.63, 3.8) is 0 Å². The summed E-state index contributed by atoms with van der Waals surface area (Å²) in [6.45, 7) is 45.3. The fourth-order valence-electron chi connectivity index (χ4n) is 13.1. The lowest BCUT2D eigenvalue weighted by molar-refractivity contribution is -0.158. The molecule has 1 aromatic rings. The minimum atomic E-state index is -2.34. The number of aliphatic hydroxyl groups is 2. The van der Waals surface area contributed by atoms with E-state index in [4.69, 9.17) is 52.5 Å². The highest BCUT2D eigenvalue weighted by Crippen LogP contribution is 2.44. The first-order chi connectivity index (χ1) is 47.9. The molecule has 1 amide bonds. The van der Waals surface area contributed by atoms with Crippen LogP contribution in [0.2, 0.25) is 36.3 Å². The summed E-state index contributed by atoms with van der Waals surface area (Å²) in [5, 5.41) is 25.7. The van der Waals surface area contributed by atoms with Crippen molar-refractivity contribution in [1.29, 1.82) is 0 Å². The van der Waals surface area contributed by atoms with E-state index in [1.165, 1.54) is 39.8 Å². The lowest BCUT2D eigenvalue weighted by atomic mass is 9.87. The second-order valence-corrected chi connectivity index (χ2v) is 43.0. The normalized spacial score (nSPS) is 31.6. The lowest BCUT2D eigenvalue weighted by Gasteiger charge is -2.40. The van der Waals surface area contributed by atoms with Crippen molar-refractivity contribution in [3.05, 3.63) is 108 Å². The van der Waals surface area contributed by atoms with Crippen LogP contribution < -0.4 is 11.1 Å². The molecule has 6 unspecified atom stereocenters. The van der Waals surface area contributed by atoms with Crippen LogP contribution in [-0.2, 0) is 65.9 Å². The number of nitrogens with one attached hydrogen (secondary N) is 1. The number of esters is 4. The van der Waals surface area contributed by atoms with Gasteiger partial charge in [0.05, 0.1) is 61.5 Å². The Kier molecular flexibility index (Phi) is 33.7. The smallest absolute Gasteiger partial charge is 0.308 e. The number of benzene rings is 1. The van der Waals surface area contributed by atoms with Crippen molar-refractivity contribution in [2.24, 2.45) is 29.4 Å². The number of alkyl halides is 2. The second kappa shape index (κ2) is 38.3. The summed E-state index contributed by atoms with van der Waals surface area (Å²) in [5.41, 5.74) is 1.31. The highest BCUT2D eigenvalue weighted by molar-refractivity contribution is 6.74. The topological polar surface area (TPSA) is 263 Å². The third-order valence-corrected chi connectivity index (χ3v) is 31.3. The first-order valence-corrected chi connectivity index (χ1v) is 43.2. The number of nitrogens with two attached hydrogens (primary N) is 1.